The highest BCUT2D eigenvalue weighted by molar-refractivity contribution is 7.85. The van der Waals surface area contributed by atoms with E-state index in [0.29, 0.717) is 32.1 Å². The standard InChI is InChI=1S/C12H23NO5S.C11H21NO3.2CH4/c1-12(2,3)18-11(14)13-7-5-10(6-8-13)9-17-19(4,15)16;1-11(2,3)15-10(14)12-6-4-9(8-13)5-7-12;;/h10H,5-9H2,1-4H3;9,13H,4-8H2,1-3H3;2*1H4. The van der Waals surface area contributed by atoms with Gasteiger partial charge in [-0.2, -0.15) is 8.42 Å². The van der Waals surface area contributed by atoms with Gasteiger partial charge in [0.15, 0.2) is 0 Å². The second-order valence-electron chi connectivity index (χ2n) is 11.0. The zero-order valence-electron chi connectivity index (χ0n) is 21.8. The van der Waals surface area contributed by atoms with Crippen molar-refractivity contribution in [1.82, 2.24) is 9.80 Å². The second-order valence-corrected chi connectivity index (χ2v) is 12.6. The Morgan fingerprint density at radius 1 is 0.778 bits per heavy atom. The summed E-state index contributed by atoms with van der Waals surface area (Å²) >= 11 is 0. The van der Waals surface area contributed by atoms with Gasteiger partial charge < -0.3 is 24.4 Å². The molecule has 2 fully saturated rings. The lowest BCUT2D eigenvalue weighted by Gasteiger charge is -2.33. The molecule has 0 saturated carbocycles. The van der Waals surface area contributed by atoms with Crippen molar-refractivity contribution in [3.63, 3.8) is 0 Å². The number of ether oxygens (including phenoxy) is 2. The lowest BCUT2D eigenvalue weighted by atomic mass is 9.98. The van der Waals surface area contributed by atoms with E-state index in [1.54, 1.807) is 9.80 Å². The number of hydrogen-bond donors (Lipinski definition) is 1. The van der Waals surface area contributed by atoms with Gasteiger partial charge in [0.1, 0.15) is 11.2 Å². The zero-order chi connectivity index (χ0) is 26.2. The number of hydrogen-bond acceptors (Lipinski definition) is 8. The molecule has 0 aliphatic carbocycles. The maximum atomic E-state index is 11.8. The molecule has 0 radical (unpaired) electrons. The molecule has 11 heteroatoms. The van der Waals surface area contributed by atoms with Gasteiger partial charge in [-0.25, -0.2) is 9.59 Å². The predicted octanol–water partition coefficient (Wildman–Crippen LogP) is 4.51. The fourth-order valence-electron chi connectivity index (χ4n) is 3.45. The molecule has 2 aliphatic heterocycles. The van der Waals surface area contributed by atoms with Crippen LogP contribution in [0.4, 0.5) is 9.59 Å². The van der Waals surface area contributed by atoms with Gasteiger partial charge in [-0.1, -0.05) is 14.9 Å². The summed E-state index contributed by atoms with van der Waals surface area (Å²) < 4.78 is 37.1. The Balaban J connectivity index is 0. The average Bonchev–Trinajstić information content (AvgIpc) is 2.70. The highest BCUT2D eigenvalue weighted by Crippen LogP contribution is 2.21. The van der Waals surface area contributed by atoms with Crippen LogP contribution in [0.25, 0.3) is 0 Å². The number of rotatable bonds is 4. The fourth-order valence-corrected chi connectivity index (χ4v) is 3.89. The molecule has 2 rings (SSSR count). The van der Waals surface area contributed by atoms with Gasteiger partial charge in [-0.15, -0.1) is 0 Å². The van der Waals surface area contributed by atoms with Gasteiger partial charge in [0, 0.05) is 32.8 Å². The number of aliphatic hydroxyl groups excluding tert-OH is 1. The number of likely N-dealkylation sites (tertiary alicyclic amines) is 2. The molecule has 10 nitrogen and oxygen atoms in total. The van der Waals surface area contributed by atoms with Gasteiger partial charge in [0.25, 0.3) is 10.1 Å². The number of amides is 2. The maximum Gasteiger partial charge on any atom is 0.410 e. The van der Waals surface area contributed by atoms with E-state index in [1.165, 1.54) is 0 Å². The van der Waals surface area contributed by atoms with Crippen LogP contribution < -0.4 is 0 Å². The molecule has 0 aromatic carbocycles. The summed E-state index contributed by atoms with van der Waals surface area (Å²) in [6.07, 6.45) is 3.70. The number of piperidine rings is 2. The molecule has 36 heavy (non-hydrogen) atoms. The highest BCUT2D eigenvalue weighted by atomic mass is 32.2. The quantitative estimate of drug-likeness (QED) is 0.517. The lowest BCUT2D eigenvalue weighted by Crippen LogP contribution is -2.42. The smallest absolute Gasteiger partial charge is 0.410 e. The first kappa shape index (κ1) is 36.6. The van der Waals surface area contributed by atoms with Crippen molar-refractivity contribution >= 4 is 22.3 Å². The average molecular weight is 541 g/mol. The molecule has 2 saturated heterocycles. The summed E-state index contributed by atoms with van der Waals surface area (Å²) in [4.78, 5) is 26.8. The third-order valence-corrected chi connectivity index (χ3v) is 5.87. The van der Waals surface area contributed by atoms with Crippen molar-refractivity contribution in [2.45, 2.75) is 93.3 Å². The summed E-state index contributed by atoms with van der Waals surface area (Å²) in [6, 6.07) is 0. The van der Waals surface area contributed by atoms with E-state index in [1.807, 2.05) is 41.5 Å². The second kappa shape index (κ2) is 15.6. The summed E-state index contributed by atoms with van der Waals surface area (Å²) in [7, 11) is -3.38. The molecule has 0 atom stereocenters. The molecule has 1 N–H and O–H groups in total. The summed E-state index contributed by atoms with van der Waals surface area (Å²) in [5.41, 5.74) is -0.918. The first-order valence-corrected chi connectivity index (χ1v) is 13.7. The third kappa shape index (κ3) is 16.2. The topological polar surface area (TPSA) is 123 Å². The zero-order valence-corrected chi connectivity index (χ0v) is 22.6. The van der Waals surface area contributed by atoms with Crippen LogP contribution in [0.5, 0.6) is 0 Å². The Hall–Kier alpha value is -1.59. The van der Waals surface area contributed by atoms with Crippen LogP contribution in [0.2, 0.25) is 0 Å². The Kier molecular flexibility index (Phi) is 15.9. The molecule has 0 spiro atoms. The lowest BCUT2D eigenvalue weighted by molar-refractivity contribution is 0.0152. The Bertz CT molecular complexity index is 743. The molecule has 2 amide bonds. The van der Waals surface area contributed by atoms with Crippen LogP contribution >= 0.6 is 0 Å². The molecule has 216 valence electrons. The van der Waals surface area contributed by atoms with Crippen LogP contribution in [-0.2, 0) is 23.8 Å². The molecular weight excluding hydrogens is 488 g/mol. The van der Waals surface area contributed by atoms with E-state index in [-0.39, 0.29) is 46.2 Å². The van der Waals surface area contributed by atoms with Gasteiger partial charge in [-0.3, -0.25) is 4.18 Å². The van der Waals surface area contributed by atoms with E-state index < -0.39 is 21.3 Å². The largest absolute Gasteiger partial charge is 0.444 e. The molecular formula is C25H52N2O8S. The van der Waals surface area contributed by atoms with E-state index in [2.05, 4.69) is 0 Å². The SMILES string of the molecule is C.C.CC(C)(C)OC(=O)N1CCC(CO)CC1.CC(C)(C)OC(=O)N1CCC(COS(C)(=O)=O)CC1. The van der Waals surface area contributed by atoms with Crippen LogP contribution in [-0.4, -0.2) is 92.4 Å². The fraction of sp³-hybridized carbons (Fsp3) is 0.920. The van der Waals surface area contributed by atoms with Gasteiger partial charge >= 0.3 is 12.2 Å². The van der Waals surface area contributed by atoms with Crippen LogP contribution in [0.1, 0.15) is 82.1 Å². The van der Waals surface area contributed by atoms with Crippen molar-refractivity contribution in [2.24, 2.45) is 11.8 Å². The van der Waals surface area contributed by atoms with Crippen LogP contribution in [0, 0.1) is 11.8 Å². The number of aliphatic hydroxyl groups is 1. The highest BCUT2D eigenvalue weighted by Gasteiger charge is 2.28. The minimum atomic E-state index is -3.38. The minimum Gasteiger partial charge on any atom is -0.444 e. The number of nitrogens with zero attached hydrogens (tertiary/aromatic N) is 2. The minimum absolute atomic E-state index is 0. The van der Waals surface area contributed by atoms with Crippen molar-refractivity contribution < 1.29 is 36.8 Å². The summed E-state index contributed by atoms with van der Waals surface area (Å²) in [6.45, 7) is 14.1. The monoisotopic (exact) mass is 540 g/mol. The predicted molar refractivity (Wildman–Crippen MR) is 142 cm³/mol. The van der Waals surface area contributed by atoms with Crippen LogP contribution in [0.15, 0.2) is 0 Å². The maximum absolute atomic E-state index is 11.8. The van der Waals surface area contributed by atoms with Crippen molar-refractivity contribution in [2.75, 3.05) is 45.6 Å². The van der Waals surface area contributed by atoms with E-state index >= 15 is 0 Å². The normalized spacial score (nSPS) is 17.7. The van der Waals surface area contributed by atoms with Crippen molar-refractivity contribution in [1.29, 1.82) is 0 Å². The Morgan fingerprint density at radius 3 is 1.39 bits per heavy atom. The molecule has 2 heterocycles. The van der Waals surface area contributed by atoms with Gasteiger partial charge in [0.2, 0.25) is 0 Å². The molecule has 2 aliphatic rings. The van der Waals surface area contributed by atoms with Crippen molar-refractivity contribution in [3.8, 4) is 0 Å². The first-order chi connectivity index (χ1) is 15.5. The molecule has 0 unspecified atom stereocenters. The molecule has 0 aromatic rings. The van der Waals surface area contributed by atoms with Gasteiger partial charge in [0.05, 0.1) is 12.9 Å². The van der Waals surface area contributed by atoms with E-state index in [0.717, 1.165) is 31.9 Å². The Morgan fingerprint density at radius 2 is 1.11 bits per heavy atom. The van der Waals surface area contributed by atoms with Gasteiger partial charge in [-0.05, 0) is 79.1 Å². The first-order valence-electron chi connectivity index (χ1n) is 11.9. The van der Waals surface area contributed by atoms with Crippen LogP contribution in [0.3, 0.4) is 0 Å². The molecule has 0 aromatic heterocycles. The molecule has 0 bridgehead atoms. The van der Waals surface area contributed by atoms with Crippen molar-refractivity contribution in [3.05, 3.63) is 0 Å². The Labute approximate surface area is 219 Å². The van der Waals surface area contributed by atoms with E-state index in [4.69, 9.17) is 18.8 Å². The number of carbonyl (C=O) groups excluding carboxylic acids is 2. The summed E-state index contributed by atoms with van der Waals surface area (Å²) in [5.74, 6) is 0.525. The van der Waals surface area contributed by atoms with E-state index in [9.17, 15) is 18.0 Å². The summed E-state index contributed by atoms with van der Waals surface area (Å²) in [5, 5.41) is 8.97. The number of carbonyl (C=O) groups is 2. The third-order valence-electron chi connectivity index (χ3n) is 5.31.